The third-order valence-electron chi connectivity index (χ3n) is 4.39. The fraction of sp³-hybridized carbons (Fsp3) is 0.350. The van der Waals surface area contributed by atoms with Crippen LogP contribution in [0.2, 0.25) is 0 Å². The van der Waals surface area contributed by atoms with Gasteiger partial charge in [-0.1, -0.05) is 31.5 Å². The lowest BCUT2D eigenvalue weighted by atomic mass is 10.2. The summed E-state index contributed by atoms with van der Waals surface area (Å²) in [5, 5.41) is 2.85. The number of hydrogen-bond donors (Lipinski definition) is 1. The molecule has 6 nitrogen and oxygen atoms in total. The maximum Gasteiger partial charge on any atom is 0.265 e. The van der Waals surface area contributed by atoms with Crippen molar-refractivity contribution >= 4 is 27.3 Å². The molecule has 1 aliphatic rings. The van der Waals surface area contributed by atoms with Crippen LogP contribution in [0.4, 0.5) is 11.4 Å². The largest absolute Gasteiger partial charge is 0.481 e. The molecule has 27 heavy (non-hydrogen) atoms. The van der Waals surface area contributed by atoms with Crippen LogP contribution in [-0.4, -0.2) is 32.7 Å². The number of benzene rings is 2. The third kappa shape index (κ3) is 4.80. The SMILES string of the molecule is CCCC(Oc1ccccc1)C(=O)Nc1ccc(N2CCCS2(=O)=O)cc1. The number of hydrogen-bond acceptors (Lipinski definition) is 4. The van der Waals surface area contributed by atoms with Gasteiger partial charge >= 0.3 is 0 Å². The number of rotatable bonds is 7. The van der Waals surface area contributed by atoms with Crippen LogP contribution in [0.25, 0.3) is 0 Å². The van der Waals surface area contributed by atoms with Gasteiger partial charge in [-0.15, -0.1) is 0 Å². The highest BCUT2D eigenvalue weighted by atomic mass is 32.2. The van der Waals surface area contributed by atoms with Crippen molar-refractivity contribution in [1.29, 1.82) is 0 Å². The zero-order valence-corrected chi connectivity index (χ0v) is 16.1. The maximum absolute atomic E-state index is 12.6. The van der Waals surface area contributed by atoms with E-state index in [1.807, 2.05) is 37.3 Å². The number of ether oxygens (including phenoxy) is 1. The van der Waals surface area contributed by atoms with E-state index in [2.05, 4.69) is 5.32 Å². The molecule has 1 aliphatic heterocycles. The molecule has 1 N–H and O–H groups in total. The Kier molecular flexibility index (Phi) is 6.01. The summed E-state index contributed by atoms with van der Waals surface area (Å²) in [5.74, 6) is 0.615. The first-order valence-electron chi connectivity index (χ1n) is 9.12. The van der Waals surface area contributed by atoms with Gasteiger partial charge < -0.3 is 10.1 Å². The van der Waals surface area contributed by atoms with Gasteiger partial charge in [-0.3, -0.25) is 9.10 Å². The maximum atomic E-state index is 12.6. The Morgan fingerprint density at radius 2 is 1.85 bits per heavy atom. The third-order valence-corrected chi connectivity index (χ3v) is 6.26. The Bertz CT molecular complexity index is 867. The zero-order valence-electron chi connectivity index (χ0n) is 15.3. The Morgan fingerprint density at radius 1 is 1.15 bits per heavy atom. The summed E-state index contributed by atoms with van der Waals surface area (Å²) >= 11 is 0. The van der Waals surface area contributed by atoms with E-state index >= 15 is 0 Å². The molecule has 1 amide bonds. The first-order valence-corrected chi connectivity index (χ1v) is 10.7. The van der Waals surface area contributed by atoms with Crippen LogP contribution in [0, 0.1) is 0 Å². The summed E-state index contributed by atoms with van der Waals surface area (Å²) < 4.78 is 31.2. The summed E-state index contributed by atoms with van der Waals surface area (Å²) in [6.07, 6.45) is 1.47. The number of carbonyl (C=O) groups excluding carboxylic acids is 1. The van der Waals surface area contributed by atoms with E-state index in [-0.39, 0.29) is 11.7 Å². The minimum absolute atomic E-state index is 0.182. The normalized spacial score (nSPS) is 16.7. The van der Waals surface area contributed by atoms with Gasteiger partial charge in [0, 0.05) is 12.2 Å². The monoisotopic (exact) mass is 388 g/mol. The van der Waals surface area contributed by atoms with Gasteiger partial charge in [0.2, 0.25) is 10.0 Å². The quantitative estimate of drug-likeness (QED) is 0.789. The van der Waals surface area contributed by atoms with Crippen molar-refractivity contribution in [3.8, 4) is 5.75 Å². The summed E-state index contributed by atoms with van der Waals surface area (Å²) in [5.41, 5.74) is 1.23. The average Bonchev–Trinajstić information content (AvgIpc) is 3.02. The lowest BCUT2D eigenvalue weighted by Crippen LogP contribution is -2.33. The van der Waals surface area contributed by atoms with E-state index < -0.39 is 16.1 Å². The van der Waals surface area contributed by atoms with Crippen LogP contribution in [-0.2, 0) is 14.8 Å². The molecule has 2 aromatic rings. The van der Waals surface area contributed by atoms with Crippen molar-refractivity contribution in [2.24, 2.45) is 0 Å². The average molecular weight is 388 g/mol. The summed E-state index contributed by atoms with van der Waals surface area (Å²) in [6, 6.07) is 16.1. The van der Waals surface area contributed by atoms with E-state index in [0.717, 1.165) is 6.42 Å². The van der Waals surface area contributed by atoms with Crippen LogP contribution >= 0.6 is 0 Å². The van der Waals surface area contributed by atoms with Crippen molar-refractivity contribution < 1.29 is 17.9 Å². The summed E-state index contributed by atoms with van der Waals surface area (Å²) in [7, 11) is -3.21. The molecule has 0 spiro atoms. The van der Waals surface area contributed by atoms with Crippen LogP contribution in [0.15, 0.2) is 54.6 Å². The zero-order chi connectivity index (χ0) is 19.3. The number of carbonyl (C=O) groups is 1. The van der Waals surface area contributed by atoms with Gasteiger partial charge in [0.15, 0.2) is 6.10 Å². The molecule has 1 fully saturated rings. The highest BCUT2D eigenvalue weighted by molar-refractivity contribution is 7.93. The second-order valence-corrected chi connectivity index (χ2v) is 8.50. The Balaban J connectivity index is 1.66. The topological polar surface area (TPSA) is 75.7 Å². The van der Waals surface area contributed by atoms with Gasteiger partial charge in [0.1, 0.15) is 5.75 Å². The minimum atomic E-state index is -3.21. The lowest BCUT2D eigenvalue weighted by molar-refractivity contribution is -0.123. The molecule has 1 unspecified atom stereocenters. The van der Waals surface area contributed by atoms with E-state index in [4.69, 9.17) is 4.74 Å². The molecule has 0 aliphatic carbocycles. The molecule has 1 heterocycles. The number of nitrogens with one attached hydrogen (secondary N) is 1. The van der Waals surface area contributed by atoms with Crippen LogP contribution < -0.4 is 14.4 Å². The van der Waals surface area contributed by atoms with Gasteiger partial charge in [0.05, 0.1) is 11.4 Å². The fourth-order valence-electron chi connectivity index (χ4n) is 3.03. The molecule has 7 heteroatoms. The molecule has 3 rings (SSSR count). The first-order chi connectivity index (χ1) is 13.0. The number of sulfonamides is 1. The lowest BCUT2D eigenvalue weighted by Gasteiger charge is -2.19. The van der Waals surface area contributed by atoms with E-state index in [1.54, 1.807) is 24.3 Å². The Morgan fingerprint density at radius 3 is 2.44 bits per heavy atom. The van der Waals surface area contributed by atoms with E-state index in [0.29, 0.717) is 36.5 Å². The van der Waals surface area contributed by atoms with E-state index in [9.17, 15) is 13.2 Å². The predicted molar refractivity (Wildman–Crippen MR) is 107 cm³/mol. The molecular weight excluding hydrogens is 364 g/mol. The fourth-order valence-corrected chi connectivity index (χ4v) is 4.60. The molecular formula is C20H24N2O4S. The van der Waals surface area contributed by atoms with E-state index in [1.165, 1.54) is 4.31 Å². The highest BCUT2D eigenvalue weighted by Crippen LogP contribution is 2.25. The van der Waals surface area contributed by atoms with Gasteiger partial charge in [-0.05, 0) is 49.2 Å². The number of nitrogens with zero attached hydrogens (tertiary/aromatic N) is 1. The molecule has 2 aromatic carbocycles. The molecule has 0 saturated carbocycles. The molecule has 1 atom stereocenters. The molecule has 0 bridgehead atoms. The van der Waals surface area contributed by atoms with Crippen molar-refractivity contribution in [3.05, 3.63) is 54.6 Å². The van der Waals surface area contributed by atoms with Gasteiger partial charge in [-0.2, -0.15) is 0 Å². The molecule has 0 aromatic heterocycles. The van der Waals surface area contributed by atoms with Gasteiger partial charge in [-0.25, -0.2) is 8.42 Å². The Hall–Kier alpha value is -2.54. The summed E-state index contributed by atoms with van der Waals surface area (Å²) in [4.78, 5) is 12.6. The first kappa shape index (κ1) is 19.2. The molecule has 1 saturated heterocycles. The second-order valence-electron chi connectivity index (χ2n) is 6.49. The predicted octanol–water partition coefficient (Wildman–Crippen LogP) is 3.41. The van der Waals surface area contributed by atoms with Crippen molar-refractivity contribution in [2.45, 2.75) is 32.3 Å². The Labute approximate surface area is 160 Å². The van der Waals surface area contributed by atoms with Crippen molar-refractivity contribution in [3.63, 3.8) is 0 Å². The standard InChI is InChI=1S/C20H24N2O4S/c1-2-7-19(26-18-8-4-3-5-9-18)20(23)21-16-10-12-17(13-11-16)22-14-6-15-27(22,24)25/h3-5,8-13,19H,2,6-7,14-15H2,1H3,(H,21,23). The number of para-hydroxylation sites is 1. The van der Waals surface area contributed by atoms with Crippen molar-refractivity contribution in [2.75, 3.05) is 21.9 Å². The smallest absolute Gasteiger partial charge is 0.265 e. The number of anilines is 2. The summed E-state index contributed by atoms with van der Waals surface area (Å²) in [6.45, 7) is 2.50. The minimum Gasteiger partial charge on any atom is -0.481 e. The van der Waals surface area contributed by atoms with Crippen LogP contribution in [0.3, 0.4) is 0 Å². The molecule has 144 valence electrons. The second kappa shape index (κ2) is 8.43. The van der Waals surface area contributed by atoms with Gasteiger partial charge in [0.25, 0.3) is 5.91 Å². The molecule has 0 radical (unpaired) electrons. The highest BCUT2D eigenvalue weighted by Gasteiger charge is 2.28. The van der Waals surface area contributed by atoms with Crippen LogP contribution in [0.5, 0.6) is 5.75 Å². The number of amides is 1. The van der Waals surface area contributed by atoms with Crippen LogP contribution in [0.1, 0.15) is 26.2 Å². The van der Waals surface area contributed by atoms with Crippen molar-refractivity contribution in [1.82, 2.24) is 0 Å².